The molecule has 0 bridgehead atoms. The van der Waals surface area contributed by atoms with Gasteiger partial charge in [0.05, 0.1) is 6.61 Å². The van der Waals surface area contributed by atoms with E-state index in [0.29, 0.717) is 0 Å². The van der Waals surface area contributed by atoms with Gasteiger partial charge in [-0.05, 0) is 26.7 Å². The zero-order valence-electron chi connectivity index (χ0n) is 9.70. The van der Waals surface area contributed by atoms with Crippen molar-refractivity contribution in [2.45, 2.75) is 34.1 Å². The summed E-state index contributed by atoms with van der Waals surface area (Å²) >= 11 is 0. The lowest BCUT2D eigenvalue weighted by Crippen LogP contribution is -2.31. The number of rotatable bonds is 6. The summed E-state index contributed by atoms with van der Waals surface area (Å²) in [5.41, 5.74) is 0. The van der Waals surface area contributed by atoms with Crippen LogP contribution in [0.15, 0.2) is 0 Å². The van der Waals surface area contributed by atoms with Crippen molar-refractivity contribution in [3.05, 3.63) is 0 Å². The molecule has 2 unspecified atom stereocenters. The van der Waals surface area contributed by atoms with E-state index < -0.39 is 11.9 Å². The summed E-state index contributed by atoms with van der Waals surface area (Å²) in [5, 5.41) is 0. The molecule has 4 heteroatoms. The van der Waals surface area contributed by atoms with Crippen LogP contribution in [-0.4, -0.2) is 24.1 Å². The highest BCUT2D eigenvalue weighted by atomic mass is 16.5. The van der Waals surface area contributed by atoms with E-state index in [1.54, 1.807) is 13.8 Å². The number of Topliss-reactive ketones (excluding diaryl/α,β-unsaturated/α-hetero) is 2. The summed E-state index contributed by atoms with van der Waals surface area (Å²) in [6.45, 7) is 6.43. The van der Waals surface area contributed by atoms with Crippen LogP contribution >= 0.6 is 0 Å². The molecule has 0 aliphatic carbocycles. The Kier molecular flexibility index (Phi) is 5.82. The van der Waals surface area contributed by atoms with Crippen molar-refractivity contribution >= 4 is 17.5 Å². The number of ketones is 2. The highest BCUT2D eigenvalue weighted by Gasteiger charge is 2.31. The summed E-state index contributed by atoms with van der Waals surface area (Å²) in [4.78, 5) is 33.6. The lowest BCUT2D eigenvalue weighted by atomic mass is 9.87. The molecule has 0 spiro atoms. The van der Waals surface area contributed by atoms with Crippen molar-refractivity contribution in [2.24, 2.45) is 11.8 Å². The number of hydrogen-bond acceptors (Lipinski definition) is 4. The maximum absolute atomic E-state index is 11.5. The second kappa shape index (κ2) is 6.32. The van der Waals surface area contributed by atoms with Crippen molar-refractivity contribution in [2.75, 3.05) is 6.61 Å². The Bertz CT molecular complexity index is 257. The molecule has 0 saturated carbocycles. The summed E-state index contributed by atoms with van der Waals surface area (Å²) < 4.78 is 4.80. The van der Waals surface area contributed by atoms with Crippen LogP contribution in [-0.2, 0) is 19.1 Å². The van der Waals surface area contributed by atoms with Crippen LogP contribution in [0, 0.1) is 11.8 Å². The van der Waals surface area contributed by atoms with Gasteiger partial charge in [-0.2, -0.15) is 0 Å². The van der Waals surface area contributed by atoms with Crippen LogP contribution in [0.2, 0.25) is 0 Å². The topological polar surface area (TPSA) is 60.4 Å². The van der Waals surface area contributed by atoms with Crippen LogP contribution in [0.5, 0.6) is 0 Å². The maximum Gasteiger partial charge on any atom is 0.316 e. The maximum atomic E-state index is 11.5. The molecule has 0 fully saturated rings. The van der Waals surface area contributed by atoms with Crippen LogP contribution in [0.4, 0.5) is 0 Å². The number of carbonyl (C=O) groups excluding carboxylic acids is 3. The molecule has 0 heterocycles. The Balaban J connectivity index is 4.58. The van der Waals surface area contributed by atoms with Gasteiger partial charge in [-0.25, -0.2) is 0 Å². The Hall–Kier alpha value is -1.19. The van der Waals surface area contributed by atoms with Gasteiger partial charge in [0.15, 0.2) is 0 Å². The lowest BCUT2D eigenvalue weighted by Gasteiger charge is -2.18. The fourth-order valence-corrected chi connectivity index (χ4v) is 1.60. The predicted molar refractivity (Wildman–Crippen MR) is 55.3 cm³/mol. The quantitative estimate of drug-likeness (QED) is 0.495. The highest BCUT2D eigenvalue weighted by molar-refractivity contribution is 5.98. The number of hydrogen-bond donors (Lipinski definition) is 0. The Labute approximate surface area is 90.0 Å². The minimum atomic E-state index is -0.811. The summed E-state index contributed by atoms with van der Waals surface area (Å²) in [5.74, 6) is -1.91. The first kappa shape index (κ1) is 13.8. The third-order valence-electron chi connectivity index (χ3n) is 2.16. The van der Waals surface area contributed by atoms with E-state index >= 15 is 0 Å². The second-order valence-electron chi connectivity index (χ2n) is 3.72. The smallest absolute Gasteiger partial charge is 0.316 e. The first-order chi connectivity index (χ1) is 6.90. The minimum absolute atomic E-state index is 0.0296. The molecule has 2 atom stereocenters. The molecule has 0 rings (SSSR count). The molecule has 0 aromatic rings. The van der Waals surface area contributed by atoms with E-state index in [0.717, 1.165) is 0 Å². The Morgan fingerprint density at radius 3 is 2.07 bits per heavy atom. The lowest BCUT2D eigenvalue weighted by molar-refractivity contribution is -0.153. The van der Waals surface area contributed by atoms with Crippen LogP contribution < -0.4 is 0 Å². The third-order valence-corrected chi connectivity index (χ3v) is 2.16. The molecule has 0 saturated heterocycles. The van der Waals surface area contributed by atoms with Crippen molar-refractivity contribution in [3.63, 3.8) is 0 Å². The molecule has 0 radical (unpaired) electrons. The monoisotopic (exact) mass is 214 g/mol. The first-order valence-electron chi connectivity index (χ1n) is 5.06. The zero-order chi connectivity index (χ0) is 12.0. The van der Waals surface area contributed by atoms with Gasteiger partial charge >= 0.3 is 5.97 Å². The van der Waals surface area contributed by atoms with E-state index in [1.807, 2.05) is 0 Å². The standard InChI is InChI=1S/C11H18O4/c1-5-15-11(14)10(9(4)13)7(2)6-8(3)12/h7,10H,5-6H2,1-4H3. The minimum Gasteiger partial charge on any atom is -0.465 e. The molecular weight excluding hydrogens is 196 g/mol. The van der Waals surface area contributed by atoms with Gasteiger partial charge in [0.25, 0.3) is 0 Å². The zero-order valence-corrected chi connectivity index (χ0v) is 9.70. The van der Waals surface area contributed by atoms with Crippen molar-refractivity contribution < 1.29 is 19.1 Å². The molecule has 0 aromatic heterocycles. The van der Waals surface area contributed by atoms with Gasteiger partial charge in [0.1, 0.15) is 17.5 Å². The molecule has 86 valence electrons. The first-order valence-corrected chi connectivity index (χ1v) is 5.06. The van der Waals surface area contributed by atoms with E-state index in [9.17, 15) is 14.4 Å². The van der Waals surface area contributed by atoms with Gasteiger partial charge < -0.3 is 9.53 Å². The molecule has 4 nitrogen and oxygen atoms in total. The Morgan fingerprint density at radius 1 is 1.20 bits per heavy atom. The normalized spacial score (nSPS) is 14.1. The number of ether oxygens (including phenoxy) is 1. The van der Waals surface area contributed by atoms with Crippen molar-refractivity contribution in [3.8, 4) is 0 Å². The van der Waals surface area contributed by atoms with E-state index in [2.05, 4.69) is 0 Å². The van der Waals surface area contributed by atoms with Crippen LogP contribution in [0.25, 0.3) is 0 Å². The SMILES string of the molecule is CCOC(=O)C(C(C)=O)C(C)CC(C)=O. The van der Waals surface area contributed by atoms with Crippen LogP contribution in [0.1, 0.15) is 34.1 Å². The molecule has 15 heavy (non-hydrogen) atoms. The van der Waals surface area contributed by atoms with E-state index in [4.69, 9.17) is 4.74 Å². The summed E-state index contributed by atoms with van der Waals surface area (Å²) in [6.07, 6.45) is 0.225. The molecule has 0 amide bonds. The second-order valence-corrected chi connectivity index (χ2v) is 3.72. The number of carbonyl (C=O) groups is 3. The molecule has 0 N–H and O–H groups in total. The van der Waals surface area contributed by atoms with Crippen molar-refractivity contribution in [1.29, 1.82) is 0 Å². The highest BCUT2D eigenvalue weighted by Crippen LogP contribution is 2.18. The van der Waals surface area contributed by atoms with Crippen molar-refractivity contribution in [1.82, 2.24) is 0 Å². The molecular formula is C11H18O4. The van der Waals surface area contributed by atoms with Gasteiger partial charge in [0, 0.05) is 6.42 Å². The fourth-order valence-electron chi connectivity index (χ4n) is 1.60. The van der Waals surface area contributed by atoms with Gasteiger partial charge in [-0.3, -0.25) is 9.59 Å². The summed E-state index contributed by atoms with van der Waals surface area (Å²) in [7, 11) is 0. The van der Waals surface area contributed by atoms with E-state index in [1.165, 1.54) is 13.8 Å². The average Bonchev–Trinajstić information content (AvgIpc) is 2.01. The van der Waals surface area contributed by atoms with Gasteiger partial charge in [0.2, 0.25) is 0 Å². The fraction of sp³-hybridized carbons (Fsp3) is 0.727. The largest absolute Gasteiger partial charge is 0.465 e. The van der Waals surface area contributed by atoms with E-state index in [-0.39, 0.29) is 30.5 Å². The third kappa shape index (κ3) is 4.72. The van der Waals surface area contributed by atoms with Gasteiger partial charge in [-0.1, -0.05) is 6.92 Å². The molecule has 0 aromatic carbocycles. The molecule has 0 aliphatic rings. The Morgan fingerprint density at radius 2 is 1.73 bits per heavy atom. The molecule has 0 aliphatic heterocycles. The number of esters is 1. The van der Waals surface area contributed by atoms with Crippen LogP contribution in [0.3, 0.4) is 0 Å². The average molecular weight is 214 g/mol. The predicted octanol–water partition coefficient (Wildman–Crippen LogP) is 1.37. The van der Waals surface area contributed by atoms with Gasteiger partial charge in [-0.15, -0.1) is 0 Å². The summed E-state index contributed by atoms with van der Waals surface area (Å²) in [6, 6.07) is 0.